The summed E-state index contributed by atoms with van der Waals surface area (Å²) in [6, 6.07) is 19.4. The Morgan fingerprint density at radius 2 is 1.76 bits per heavy atom. The van der Waals surface area contributed by atoms with E-state index in [9.17, 15) is 4.79 Å². The highest BCUT2D eigenvalue weighted by Crippen LogP contribution is 2.40. The smallest absolute Gasteiger partial charge is 0.323 e. The van der Waals surface area contributed by atoms with Crippen molar-refractivity contribution in [2.75, 3.05) is 21.3 Å². The first-order chi connectivity index (χ1) is 18.3. The van der Waals surface area contributed by atoms with Crippen LogP contribution in [0.1, 0.15) is 30.5 Å². The molecule has 2 aliphatic rings. The van der Waals surface area contributed by atoms with E-state index in [1.807, 2.05) is 62.4 Å². The second-order valence-electron chi connectivity index (χ2n) is 10.1. The van der Waals surface area contributed by atoms with Crippen molar-refractivity contribution in [3.8, 4) is 5.75 Å². The van der Waals surface area contributed by atoms with Crippen molar-refractivity contribution in [2.45, 2.75) is 38.7 Å². The van der Waals surface area contributed by atoms with E-state index in [0.717, 1.165) is 52.3 Å². The molecule has 6 rings (SSSR count). The summed E-state index contributed by atoms with van der Waals surface area (Å²) >= 11 is 6.38. The molecule has 3 aromatic carbocycles. The normalized spacial score (nSPS) is 14.8. The first-order valence-electron chi connectivity index (χ1n) is 12.5. The lowest BCUT2D eigenvalue weighted by Gasteiger charge is -2.19. The summed E-state index contributed by atoms with van der Waals surface area (Å²) in [7, 11) is 0. The SMILES string of the molecule is CC1(C)Cc2cccc(NC(=O)Nc3ccc4cc3CCc3cccc(c3)Nc3ncc(Cl)c(n3)N4)c2O1. The fourth-order valence-corrected chi connectivity index (χ4v) is 4.99. The topological polar surface area (TPSA) is 100 Å². The molecule has 0 fully saturated rings. The summed E-state index contributed by atoms with van der Waals surface area (Å²) in [4.78, 5) is 21.9. The number of carbonyl (C=O) groups excluding carboxylic acids is 1. The van der Waals surface area contributed by atoms with Gasteiger partial charge < -0.3 is 26.0 Å². The number of anilines is 6. The number of amides is 2. The number of aryl methyl sites for hydroxylation is 2. The number of hydrogen-bond acceptors (Lipinski definition) is 6. The first-order valence-corrected chi connectivity index (χ1v) is 12.9. The third kappa shape index (κ3) is 5.08. The zero-order valence-corrected chi connectivity index (χ0v) is 21.8. The molecule has 2 amide bonds. The van der Waals surface area contributed by atoms with Crippen LogP contribution in [0.25, 0.3) is 0 Å². The number of carbonyl (C=O) groups is 1. The molecule has 4 N–H and O–H groups in total. The van der Waals surface area contributed by atoms with Crippen LogP contribution >= 0.6 is 11.6 Å². The van der Waals surface area contributed by atoms with Gasteiger partial charge in [0.15, 0.2) is 5.82 Å². The standard InChI is InChI=1S/C29H27ClN6O2/c1-29(2)15-19-6-4-8-24(25(19)38-29)35-28(37)34-23-12-11-21-14-18(23)10-9-17-5-3-7-20(13-17)33-27-31-16-22(30)26(32-21)36-27/h3-8,11-14,16H,9-10,15H2,1-2H3,(H2,34,35,37)(H2,31,32,33,36). The van der Waals surface area contributed by atoms with Crippen molar-refractivity contribution in [2.24, 2.45) is 0 Å². The van der Waals surface area contributed by atoms with Gasteiger partial charge in [0.25, 0.3) is 0 Å². The highest BCUT2D eigenvalue weighted by Gasteiger charge is 2.32. The van der Waals surface area contributed by atoms with Gasteiger partial charge in [-0.25, -0.2) is 9.78 Å². The second kappa shape index (κ2) is 9.54. The van der Waals surface area contributed by atoms with Crippen LogP contribution in [-0.2, 0) is 19.3 Å². The van der Waals surface area contributed by atoms with Crippen LogP contribution in [0.3, 0.4) is 0 Å². The van der Waals surface area contributed by atoms with E-state index in [0.29, 0.717) is 28.9 Å². The molecule has 0 saturated carbocycles. The maximum absolute atomic E-state index is 13.1. The van der Waals surface area contributed by atoms with Gasteiger partial charge in [-0.1, -0.05) is 35.9 Å². The van der Waals surface area contributed by atoms with E-state index in [1.54, 1.807) is 6.20 Å². The molecule has 192 valence electrons. The summed E-state index contributed by atoms with van der Waals surface area (Å²) in [5.41, 5.74) is 5.99. The average Bonchev–Trinajstić information content (AvgIpc) is 3.21. The first kappa shape index (κ1) is 24.1. The van der Waals surface area contributed by atoms with E-state index < -0.39 is 0 Å². The Morgan fingerprint density at radius 1 is 0.947 bits per heavy atom. The molecule has 0 unspecified atom stereocenters. The van der Waals surface area contributed by atoms with Gasteiger partial charge in [-0.3, -0.25) is 0 Å². The minimum Gasteiger partial charge on any atom is -0.485 e. The summed E-state index contributed by atoms with van der Waals surface area (Å²) in [5, 5.41) is 12.9. The summed E-state index contributed by atoms with van der Waals surface area (Å²) in [6.07, 6.45) is 3.86. The number of ether oxygens (including phenoxy) is 1. The van der Waals surface area contributed by atoms with Crippen LogP contribution in [0.15, 0.2) is 66.9 Å². The number of halogens is 1. The van der Waals surface area contributed by atoms with Gasteiger partial charge >= 0.3 is 6.03 Å². The molecule has 2 aliphatic heterocycles. The number of benzene rings is 3. The average molecular weight is 527 g/mol. The molecule has 6 bridgehead atoms. The number of para-hydroxylation sites is 1. The predicted octanol–water partition coefficient (Wildman–Crippen LogP) is 7.07. The van der Waals surface area contributed by atoms with Crippen LogP contribution in [0.5, 0.6) is 5.75 Å². The highest BCUT2D eigenvalue weighted by molar-refractivity contribution is 6.32. The van der Waals surface area contributed by atoms with E-state index >= 15 is 0 Å². The Hall–Kier alpha value is -4.30. The van der Waals surface area contributed by atoms with Crippen LogP contribution in [0.2, 0.25) is 5.02 Å². The number of fused-ring (bicyclic) bond motifs is 7. The Balaban J connectivity index is 1.29. The van der Waals surface area contributed by atoms with E-state index in [1.165, 1.54) is 0 Å². The van der Waals surface area contributed by atoms with E-state index in [2.05, 4.69) is 43.4 Å². The Bertz CT molecular complexity index is 1550. The third-order valence-corrected chi connectivity index (χ3v) is 6.84. The number of nitrogens with one attached hydrogen (secondary N) is 4. The van der Waals surface area contributed by atoms with Gasteiger partial charge in [-0.15, -0.1) is 0 Å². The third-order valence-electron chi connectivity index (χ3n) is 6.57. The van der Waals surface area contributed by atoms with Crippen molar-refractivity contribution in [3.63, 3.8) is 0 Å². The number of nitrogens with zero attached hydrogens (tertiary/aromatic N) is 2. The molecule has 0 radical (unpaired) electrons. The lowest BCUT2D eigenvalue weighted by molar-refractivity contribution is 0.139. The van der Waals surface area contributed by atoms with Gasteiger partial charge in [0.2, 0.25) is 5.95 Å². The fraction of sp³-hybridized carbons (Fsp3) is 0.207. The van der Waals surface area contributed by atoms with Crippen molar-refractivity contribution >= 4 is 52.1 Å². The zero-order chi connectivity index (χ0) is 26.3. The quantitative estimate of drug-likeness (QED) is 0.223. The van der Waals surface area contributed by atoms with Crippen LogP contribution in [0.4, 0.5) is 39.3 Å². The van der Waals surface area contributed by atoms with Crippen molar-refractivity contribution in [3.05, 3.63) is 88.6 Å². The molecule has 38 heavy (non-hydrogen) atoms. The fourth-order valence-electron chi connectivity index (χ4n) is 4.85. The second-order valence-corrected chi connectivity index (χ2v) is 10.5. The van der Waals surface area contributed by atoms with E-state index in [4.69, 9.17) is 16.3 Å². The Kier molecular flexibility index (Phi) is 6.04. The molecule has 0 saturated heterocycles. The summed E-state index contributed by atoms with van der Waals surface area (Å²) in [6.45, 7) is 4.09. The minimum atomic E-state index is -0.332. The lowest BCUT2D eigenvalue weighted by atomic mass is 10.0. The highest BCUT2D eigenvalue weighted by atomic mass is 35.5. The molecule has 3 heterocycles. The van der Waals surface area contributed by atoms with Crippen molar-refractivity contribution in [1.82, 2.24) is 9.97 Å². The van der Waals surface area contributed by atoms with Crippen molar-refractivity contribution < 1.29 is 9.53 Å². The van der Waals surface area contributed by atoms with Crippen LogP contribution < -0.4 is 26.0 Å². The van der Waals surface area contributed by atoms with Gasteiger partial charge in [0.1, 0.15) is 16.4 Å². The lowest BCUT2D eigenvalue weighted by Crippen LogP contribution is -2.25. The Labute approximate surface area is 225 Å². The molecule has 4 aromatic rings. The summed E-state index contributed by atoms with van der Waals surface area (Å²) in [5.74, 6) is 1.67. The summed E-state index contributed by atoms with van der Waals surface area (Å²) < 4.78 is 6.11. The molecule has 8 nitrogen and oxygen atoms in total. The maximum atomic E-state index is 13.1. The number of urea groups is 1. The molecular weight excluding hydrogens is 500 g/mol. The molecule has 1 aromatic heterocycles. The molecule has 9 heteroatoms. The van der Waals surface area contributed by atoms with Crippen LogP contribution in [0, 0.1) is 0 Å². The van der Waals surface area contributed by atoms with E-state index in [-0.39, 0.29) is 11.6 Å². The van der Waals surface area contributed by atoms with Gasteiger partial charge in [0.05, 0.1) is 11.9 Å². The molecule has 0 atom stereocenters. The Morgan fingerprint density at radius 3 is 2.66 bits per heavy atom. The predicted molar refractivity (Wildman–Crippen MR) is 151 cm³/mol. The maximum Gasteiger partial charge on any atom is 0.323 e. The van der Waals surface area contributed by atoms with Crippen LogP contribution in [-0.4, -0.2) is 21.6 Å². The molecule has 0 spiro atoms. The number of hydrogen-bond donors (Lipinski definition) is 4. The molecular formula is C29H27ClN6O2. The van der Waals surface area contributed by atoms with Crippen molar-refractivity contribution in [1.29, 1.82) is 0 Å². The monoisotopic (exact) mass is 526 g/mol. The number of rotatable bonds is 2. The van der Waals surface area contributed by atoms with Gasteiger partial charge in [-0.05, 0) is 74.2 Å². The number of aromatic nitrogens is 2. The minimum absolute atomic E-state index is 0.297. The zero-order valence-electron chi connectivity index (χ0n) is 21.1. The van der Waals surface area contributed by atoms with Gasteiger partial charge in [-0.2, -0.15) is 4.98 Å². The van der Waals surface area contributed by atoms with Gasteiger partial charge in [0, 0.05) is 29.0 Å². The largest absolute Gasteiger partial charge is 0.485 e. The molecule has 0 aliphatic carbocycles.